The highest BCUT2D eigenvalue weighted by atomic mass is 32.2. The Balaban J connectivity index is 2.18. The molecule has 1 aliphatic heterocycles. The monoisotopic (exact) mass is 338 g/mol. The molecule has 1 aromatic carbocycles. The van der Waals surface area contributed by atoms with E-state index in [1.165, 1.54) is 0 Å². The fraction of sp³-hybridized carbons (Fsp3) is 0.588. The van der Waals surface area contributed by atoms with Crippen molar-refractivity contribution >= 4 is 21.6 Å². The van der Waals surface area contributed by atoms with Crippen LogP contribution in [0.4, 0.5) is 5.69 Å². The summed E-state index contributed by atoms with van der Waals surface area (Å²) in [5, 5.41) is 0. The molecule has 0 atom stereocenters. The van der Waals surface area contributed by atoms with E-state index in [2.05, 4.69) is 4.72 Å². The van der Waals surface area contributed by atoms with Gasteiger partial charge in [-0.2, -0.15) is 0 Å². The molecular weight excluding hydrogens is 312 g/mol. The zero-order valence-electron chi connectivity index (χ0n) is 14.2. The third-order valence-corrected chi connectivity index (χ3v) is 5.74. The molecule has 0 saturated carbocycles. The SMILES string of the molecule is CC(C)C(NS(=O)(=O)c1ccc(N2CCCC2=O)cc1)C(C)C. The smallest absolute Gasteiger partial charge is 0.240 e. The van der Waals surface area contributed by atoms with Crippen LogP contribution >= 0.6 is 0 Å². The average Bonchev–Trinajstić information content (AvgIpc) is 2.90. The van der Waals surface area contributed by atoms with Gasteiger partial charge in [0.1, 0.15) is 0 Å². The lowest BCUT2D eigenvalue weighted by Gasteiger charge is -2.26. The number of nitrogens with one attached hydrogen (secondary N) is 1. The lowest BCUT2D eigenvalue weighted by atomic mass is 9.94. The van der Waals surface area contributed by atoms with Gasteiger partial charge in [-0.05, 0) is 42.5 Å². The highest BCUT2D eigenvalue weighted by Crippen LogP contribution is 2.23. The van der Waals surface area contributed by atoms with E-state index in [1.54, 1.807) is 29.2 Å². The highest BCUT2D eigenvalue weighted by molar-refractivity contribution is 7.89. The molecule has 1 heterocycles. The van der Waals surface area contributed by atoms with Crippen molar-refractivity contribution < 1.29 is 13.2 Å². The van der Waals surface area contributed by atoms with E-state index in [1.807, 2.05) is 27.7 Å². The summed E-state index contributed by atoms with van der Waals surface area (Å²) in [6, 6.07) is 6.44. The minimum absolute atomic E-state index is 0.0958. The molecule has 6 heteroatoms. The van der Waals surface area contributed by atoms with E-state index >= 15 is 0 Å². The molecule has 0 radical (unpaired) electrons. The Morgan fingerprint density at radius 3 is 2.04 bits per heavy atom. The topological polar surface area (TPSA) is 66.5 Å². The van der Waals surface area contributed by atoms with Crippen LogP contribution in [-0.2, 0) is 14.8 Å². The summed E-state index contributed by atoms with van der Waals surface area (Å²) in [7, 11) is -3.56. The average molecular weight is 338 g/mol. The molecule has 1 amide bonds. The third-order valence-electron chi connectivity index (χ3n) is 4.26. The van der Waals surface area contributed by atoms with Crippen molar-refractivity contribution in [1.82, 2.24) is 4.72 Å². The Labute approximate surface area is 139 Å². The molecule has 1 aromatic rings. The van der Waals surface area contributed by atoms with Crippen LogP contribution in [0.3, 0.4) is 0 Å². The van der Waals surface area contributed by atoms with Gasteiger partial charge in [0.15, 0.2) is 0 Å². The number of amides is 1. The van der Waals surface area contributed by atoms with Gasteiger partial charge in [-0.25, -0.2) is 13.1 Å². The molecule has 1 aliphatic rings. The Kier molecular flexibility index (Phi) is 5.47. The predicted molar refractivity (Wildman–Crippen MR) is 91.8 cm³/mol. The minimum atomic E-state index is -3.56. The first-order chi connectivity index (χ1) is 10.7. The molecule has 0 unspecified atom stereocenters. The summed E-state index contributed by atoms with van der Waals surface area (Å²) >= 11 is 0. The molecule has 5 nitrogen and oxygen atoms in total. The van der Waals surface area contributed by atoms with Crippen LogP contribution in [0.15, 0.2) is 29.2 Å². The van der Waals surface area contributed by atoms with E-state index in [-0.39, 0.29) is 28.7 Å². The van der Waals surface area contributed by atoms with Crippen LogP contribution in [0, 0.1) is 11.8 Å². The van der Waals surface area contributed by atoms with Gasteiger partial charge in [0.2, 0.25) is 15.9 Å². The molecule has 128 valence electrons. The summed E-state index contributed by atoms with van der Waals surface area (Å²) in [5.41, 5.74) is 0.760. The van der Waals surface area contributed by atoms with Crippen LogP contribution in [0.1, 0.15) is 40.5 Å². The summed E-state index contributed by atoms with van der Waals surface area (Å²) in [4.78, 5) is 13.7. The number of benzene rings is 1. The lowest BCUT2D eigenvalue weighted by Crippen LogP contribution is -2.42. The van der Waals surface area contributed by atoms with Crippen molar-refractivity contribution in [2.75, 3.05) is 11.4 Å². The number of hydrogen-bond donors (Lipinski definition) is 1. The first kappa shape index (κ1) is 17.9. The maximum absolute atomic E-state index is 12.6. The Bertz CT molecular complexity index is 643. The number of rotatable bonds is 6. The second-order valence-corrected chi connectivity index (χ2v) is 8.49. The number of sulfonamides is 1. The second kappa shape index (κ2) is 7.01. The molecule has 1 fully saturated rings. The molecule has 2 rings (SSSR count). The fourth-order valence-electron chi connectivity index (χ4n) is 3.02. The van der Waals surface area contributed by atoms with E-state index in [4.69, 9.17) is 0 Å². The molecule has 1 N–H and O–H groups in total. The van der Waals surface area contributed by atoms with Crippen molar-refractivity contribution in [2.24, 2.45) is 11.8 Å². The van der Waals surface area contributed by atoms with Crippen molar-refractivity contribution in [3.05, 3.63) is 24.3 Å². The highest BCUT2D eigenvalue weighted by Gasteiger charge is 2.26. The number of carbonyl (C=O) groups is 1. The molecule has 1 saturated heterocycles. The van der Waals surface area contributed by atoms with Crippen LogP contribution in [-0.4, -0.2) is 26.9 Å². The van der Waals surface area contributed by atoms with Gasteiger partial charge in [-0.15, -0.1) is 0 Å². The molecular formula is C17H26N2O3S. The van der Waals surface area contributed by atoms with E-state index < -0.39 is 10.0 Å². The van der Waals surface area contributed by atoms with E-state index in [0.717, 1.165) is 12.1 Å². The van der Waals surface area contributed by atoms with Gasteiger partial charge in [0.05, 0.1) is 4.90 Å². The molecule has 23 heavy (non-hydrogen) atoms. The van der Waals surface area contributed by atoms with Crippen LogP contribution in [0.2, 0.25) is 0 Å². The van der Waals surface area contributed by atoms with Gasteiger partial charge in [-0.3, -0.25) is 4.79 Å². The van der Waals surface area contributed by atoms with E-state index in [9.17, 15) is 13.2 Å². The summed E-state index contributed by atoms with van der Waals surface area (Å²) in [5.74, 6) is 0.524. The number of anilines is 1. The van der Waals surface area contributed by atoms with Crippen molar-refractivity contribution in [2.45, 2.75) is 51.5 Å². The predicted octanol–water partition coefficient (Wildman–Crippen LogP) is 2.77. The Morgan fingerprint density at radius 1 is 1.04 bits per heavy atom. The molecule has 0 spiro atoms. The fourth-order valence-corrected chi connectivity index (χ4v) is 4.55. The van der Waals surface area contributed by atoms with Gasteiger partial charge in [-0.1, -0.05) is 27.7 Å². The number of nitrogens with zero attached hydrogens (tertiary/aromatic N) is 1. The zero-order valence-corrected chi connectivity index (χ0v) is 15.1. The minimum Gasteiger partial charge on any atom is -0.312 e. The van der Waals surface area contributed by atoms with Crippen LogP contribution in [0.5, 0.6) is 0 Å². The van der Waals surface area contributed by atoms with Crippen LogP contribution < -0.4 is 9.62 Å². The van der Waals surface area contributed by atoms with Crippen LogP contribution in [0.25, 0.3) is 0 Å². The van der Waals surface area contributed by atoms with Gasteiger partial charge < -0.3 is 4.90 Å². The molecule has 0 aromatic heterocycles. The Hall–Kier alpha value is -1.40. The third kappa shape index (κ3) is 4.12. The zero-order chi connectivity index (χ0) is 17.2. The molecule has 0 bridgehead atoms. The first-order valence-electron chi connectivity index (χ1n) is 8.15. The summed E-state index contributed by atoms with van der Waals surface area (Å²) in [6.45, 7) is 8.74. The van der Waals surface area contributed by atoms with E-state index in [0.29, 0.717) is 13.0 Å². The molecule has 0 aliphatic carbocycles. The first-order valence-corrected chi connectivity index (χ1v) is 9.63. The van der Waals surface area contributed by atoms with Crippen molar-refractivity contribution in [1.29, 1.82) is 0 Å². The van der Waals surface area contributed by atoms with Gasteiger partial charge >= 0.3 is 0 Å². The number of carbonyl (C=O) groups excluding carboxylic acids is 1. The van der Waals surface area contributed by atoms with Crippen molar-refractivity contribution in [3.63, 3.8) is 0 Å². The number of hydrogen-bond acceptors (Lipinski definition) is 3. The normalized spacial score (nSPS) is 16.1. The largest absolute Gasteiger partial charge is 0.312 e. The van der Waals surface area contributed by atoms with Crippen molar-refractivity contribution in [3.8, 4) is 0 Å². The summed E-state index contributed by atoms with van der Waals surface area (Å²) in [6.07, 6.45) is 1.41. The maximum Gasteiger partial charge on any atom is 0.240 e. The quantitative estimate of drug-likeness (QED) is 0.867. The lowest BCUT2D eigenvalue weighted by molar-refractivity contribution is -0.117. The summed E-state index contributed by atoms with van der Waals surface area (Å²) < 4.78 is 27.9. The van der Waals surface area contributed by atoms with Gasteiger partial charge in [0, 0.05) is 24.7 Å². The second-order valence-electron chi connectivity index (χ2n) is 6.78. The maximum atomic E-state index is 12.6. The standard InChI is InChI=1S/C17H26N2O3S/c1-12(2)17(13(3)4)18-23(21,22)15-9-7-14(8-10-15)19-11-5-6-16(19)20/h7-10,12-13,17-18H,5-6,11H2,1-4H3. The van der Waals surface area contributed by atoms with Gasteiger partial charge in [0.25, 0.3) is 0 Å². The Morgan fingerprint density at radius 2 is 1.61 bits per heavy atom.